The molecule has 90 valence electrons. The number of hydrogen-bond acceptors (Lipinski definition) is 8. The molecule has 0 radical (unpaired) electrons. The fourth-order valence-corrected chi connectivity index (χ4v) is 1.89. The van der Waals surface area contributed by atoms with Crippen molar-refractivity contribution in [2.45, 2.75) is 24.9 Å². The number of rotatable bonds is 2. The maximum absolute atomic E-state index is 11.5. The molecule has 0 N–H and O–H groups in total. The number of ether oxygens (including phenoxy) is 2. The molecule has 0 spiro atoms. The number of nitrogens with zero attached hydrogens (tertiary/aromatic N) is 5. The SMILES string of the molecule is O=C1C[C@@H](n2nnc([N+](=O)[O-])n2)[C@H]2CO[C@H]1O2. The summed E-state index contributed by atoms with van der Waals surface area (Å²) in [5.74, 6) is -0.817. The van der Waals surface area contributed by atoms with Gasteiger partial charge < -0.3 is 19.6 Å². The largest absolute Gasteiger partial charge is 0.514 e. The van der Waals surface area contributed by atoms with Gasteiger partial charge in [-0.3, -0.25) is 4.79 Å². The molecule has 2 bridgehead atoms. The summed E-state index contributed by atoms with van der Waals surface area (Å²) in [6, 6.07) is -0.498. The van der Waals surface area contributed by atoms with Gasteiger partial charge in [0.1, 0.15) is 12.1 Å². The van der Waals surface area contributed by atoms with Crippen molar-refractivity contribution in [1.82, 2.24) is 20.2 Å². The molecule has 17 heavy (non-hydrogen) atoms. The Balaban J connectivity index is 1.87. The van der Waals surface area contributed by atoms with Crippen molar-refractivity contribution < 1.29 is 19.2 Å². The smallest absolute Gasteiger partial charge is 0.390 e. The summed E-state index contributed by atoms with van der Waals surface area (Å²) in [5.41, 5.74) is 0. The molecule has 3 atom stereocenters. The van der Waals surface area contributed by atoms with Gasteiger partial charge in [-0.1, -0.05) is 4.80 Å². The van der Waals surface area contributed by atoms with Crippen molar-refractivity contribution in [3.63, 3.8) is 0 Å². The number of nitro groups is 1. The molecule has 0 aromatic carbocycles. The topological polar surface area (TPSA) is 122 Å². The van der Waals surface area contributed by atoms with E-state index in [1.54, 1.807) is 0 Å². The van der Waals surface area contributed by atoms with Gasteiger partial charge in [0, 0.05) is 11.6 Å². The summed E-state index contributed by atoms with van der Waals surface area (Å²) < 4.78 is 10.4. The lowest BCUT2D eigenvalue weighted by Crippen LogP contribution is -2.37. The first-order chi connectivity index (χ1) is 8.15. The fraction of sp³-hybridized carbons (Fsp3) is 0.714. The molecule has 10 heteroatoms. The third-order valence-electron chi connectivity index (χ3n) is 2.69. The van der Waals surface area contributed by atoms with E-state index in [0.29, 0.717) is 0 Å². The highest BCUT2D eigenvalue weighted by Crippen LogP contribution is 2.31. The van der Waals surface area contributed by atoms with Gasteiger partial charge in [-0.05, 0) is 4.92 Å². The third kappa shape index (κ3) is 1.57. The zero-order chi connectivity index (χ0) is 12.0. The van der Waals surface area contributed by atoms with Crippen molar-refractivity contribution in [2.24, 2.45) is 0 Å². The van der Waals surface area contributed by atoms with E-state index in [1.165, 1.54) is 0 Å². The Morgan fingerprint density at radius 2 is 2.35 bits per heavy atom. The lowest BCUT2D eigenvalue weighted by Gasteiger charge is -2.23. The maximum atomic E-state index is 11.5. The van der Waals surface area contributed by atoms with E-state index in [1.807, 2.05) is 0 Å². The first-order valence-corrected chi connectivity index (χ1v) is 4.89. The van der Waals surface area contributed by atoms with Crippen LogP contribution in [0.25, 0.3) is 0 Å². The lowest BCUT2D eigenvalue weighted by molar-refractivity contribution is -0.394. The molecule has 2 aliphatic rings. The average Bonchev–Trinajstić information content (AvgIpc) is 2.93. The zero-order valence-corrected chi connectivity index (χ0v) is 8.42. The molecule has 3 rings (SSSR count). The van der Waals surface area contributed by atoms with Crippen LogP contribution >= 0.6 is 0 Å². The van der Waals surface area contributed by atoms with Crippen molar-refractivity contribution in [3.8, 4) is 0 Å². The van der Waals surface area contributed by atoms with Crippen molar-refractivity contribution in [2.75, 3.05) is 6.61 Å². The molecular weight excluding hydrogens is 234 g/mol. The maximum Gasteiger partial charge on any atom is 0.514 e. The van der Waals surface area contributed by atoms with E-state index < -0.39 is 23.2 Å². The van der Waals surface area contributed by atoms with Gasteiger partial charge in [0.05, 0.1) is 16.8 Å². The number of tetrazole rings is 1. The first-order valence-electron chi connectivity index (χ1n) is 4.89. The van der Waals surface area contributed by atoms with Crippen LogP contribution in [0, 0.1) is 10.1 Å². The summed E-state index contributed by atoms with van der Waals surface area (Å²) in [6.45, 7) is 0.246. The molecular formula is C7H7N5O5. The van der Waals surface area contributed by atoms with E-state index in [-0.39, 0.29) is 24.9 Å². The van der Waals surface area contributed by atoms with Crippen LogP contribution in [0.4, 0.5) is 5.95 Å². The Hall–Kier alpha value is -1.94. The van der Waals surface area contributed by atoms with Crippen LogP contribution in [0.15, 0.2) is 0 Å². The number of carbonyl (C=O) groups excluding carboxylic acids is 1. The highest BCUT2D eigenvalue weighted by molar-refractivity contribution is 5.83. The van der Waals surface area contributed by atoms with Crippen LogP contribution < -0.4 is 0 Å². The molecule has 0 unspecified atom stereocenters. The Kier molecular flexibility index (Phi) is 2.12. The van der Waals surface area contributed by atoms with Gasteiger partial charge in [-0.25, -0.2) is 0 Å². The number of aromatic nitrogens is 4. The Morgan fingerprint density at radius 3 is 3.06 bits per heavy atom. The van der Waals surface area contributed by atoms with Crippen molar-refractivity contribution >= 4 is 11.7 Å². The zero-order valence-electron chi connectivity index (χ0n) is 8.42. The van der Waals surface area contributed by atoms with Crippen LogP contribution in [0.3, 0.4) is 0 Å². The standard InChI is InChI=1S/C7H7N5O5/c13-4-1-3(5-2-16-6(4)17-5)11-9-7(8-10-11)12(14)15/h3,5-6H,1-2H2/t3-,5-,6+/m1/s1. The van der Waals surface area contributed by atoms with Crippen LogP contribution in [-0.4, -0.2) is 49.9 Å². The minimum atomic E-state index is -0.810. The number of fused-ring (bicyclic) bond motifs is 2. The summed E-state index contributed by atoms with van der Waals surface area (Å²) in [6.07, 6.45) is -1.05. The lowest BCUT2D eigenvalue weighted by atomic mass is 10.0. The number of hydrogen-bond donors (Lipinski definition) is 0. The Morgan fingerprint density at radius 1 is 1.53 bits per heavy atom. The first kappa shape index (κ1) is 10.2. The van der Waals surface area contributed by atoms with E-state index in [4.69, 9.17) is 9.47 Å². The summed E-state index contributed by atoms with van der Waals surface area (Å²) in [7, 11) is 0. The van der Waals surface area contributed by atoms with Crippen molar-refractivity contribution in [1.29, 1.82) is 0 Å². The number of Topliss-reactive ketones (excluding diaryl/α,β-unsaturated/α-hetero) is 1. The Bertz CT molecular complexity index is 487. The second-order valence-electron chi connectivity index (χ2n) is 3.74. The van der Waals surface area contributed by atoms with E-state index in [9.17, 15) is 14.9 Å². The fourth-order valence-electron chi connectivity index (χ4n) is 1.89. The van der Waals surface area contributed by atoms with Gasteiger partial charge in [0.25, 0.3) is 0 Å². The van der Waals surface area contributed by atoms with E-state index in [2.05, 4.69) is 15.4 Å². The van der Waals surface area contributed by atoms with Crippen LogP contribution in [0.2, 0.25) is 0 Å². The monoisotopic (exact) mass is 241 g/mol. The molecule has 1 aromatic rings. The summed E-state index contributed by atoms with van der Waals surface area (Å²) in [4.78, 5) is 22.2. The predicted molar refractivity (Wildman–Crippen MR) is 47.7 cm³/mol. The molecule has 2 saturated heterocycles. The molecule has 2 fully saturated rings. The minimum Gasteiger partial charge on any atom is -0.390 e. The van der Waals surface area contributed by atoms with Crippen LogP contribution in [0.5, 0.6) is 0 Å². The third-order valence-corrected chi connectivity index (χ3v) is 2.69. The van der Waals surface area contributed by atoms with Gasteiger partial charge in [-0.15, -0.1) is 0 Å². The average molecular weight is 241 g/mol. The number of ketones is 1. The summed E-state index contributed by atoms with van der Waals surface area (Å²) in [5, 5.41) is 20.8. The number of carbonyl (C=O) groups is 1. The highest BCUT2D eigenvalue weighted by atomic mass is 16.7. The molecule has 10 nitrogen and oxygen atoms in total. The van der Waals surface area contributed by atoms with Gasteiger partial charge in [-0.2, -0.15) is 0 Å². The van der Waals surface area contributed by atoms with E-state index in [0.717, 1.165) is 4.80 Å². The van der Waals surface area contributed by atoms with E-state index >= 15 is 0 Å². The quantitative estimate of drug-likeness (QED) is 0.469. The normalized spacial score (nSPS) is 31.8. The molecule has 0 amide bonds. The molecule has 1 aromatic heterocycles. The molecule has 0 aliphatic carbocycles. The second kappa shape index (κ2) is 3.53. The summed E-state index contributed by atoms with van der Waals surface area (Å²) >= 11 is 0. The molecule has 0 saturated carbocycles. The van der Waals surface area contributed by atoms with Crippen LogP contribution in [0.1, 0.15) is 12.5 Å². The Labute approximate surface area is 93.6 Å². The predicted octanol–water partition coefficient (Wildman–Crippen LogP) is -1.16. The molecule has 2 aliphatic heterocycles. The van der Waals surface area contributed by atoms with Crippen molar-refractivity contribution in [3.05, 3.63) is 10.1 Å². The van der Waals surface area contributed by atoms with Gasteiger partial charge in [0.15, 0.2) is 5.78 Å². The second-order valence-corrected chi connectivity index (χ2v) is 3.74. The minimum absolute atomic E-state index is 0.128. The molecule has 3 heterocycles. The highest BCUT2D eigenvalue weighted by Gasteiger charge is 2.46. The van der Waals surface area contributed by atoms with Gasteiger partial charge in [0.2, 0.25) is 6.29 Å². The van der Waals surface area contributed by atoms with Gasteiger partial charge >= 0.3 is 5.95 Å². The van der Waals surface area contributed by atoms with Crippen LogP contribution in [-0.2, 0) is 14.3 Å².